The molecule has 68 valence electrons. The summed E-state index contributed by atoms with van der Waals surface area (Å²) >= 11 is 0. The standard InChI is InChI=1S/C9H12N4/c1-8(5-10)6-13(2)9-3-4-11-7-12-9/h3-4,7-8H,6H2,1-2H3. The lowest BCUT2D eigenvalue weighted by Crippen LogP contribution is -2.23. The summed E-state index contributed by atoms with van der Waals surface area (Å²) in [7, 11) is 1.91. The third-order valence-electron chi connectivity index (χ3n) is 1.73. The van der Waals surface area contributed by atoms with Gasteiger partial charge in [-0.2, -0.15) is 5.26 Å². The molecule has 4 nitrogen and oxygen atoms in total. The summed E-state index contributed by atoms with van der Waals surface area (Å²) < 4.78 is 0. The van der Waals surface area contributed by atoms with E-state index in [2.05, 4.69) is 16.0 Å². The smallest absolute Gasteiger partial charge is 0.131 e. The van der Waals surface area contributed by atoms with Crippen LogP contribution in [0.1, 0.15) is 6.92 Å². The maximum absolute atomic E-state index is 8.62. The number of hydrogen-bond donors (Lipinski definition) is 0. The summed E-state index contributed by atoms with van der Waals surface area (Å²) in [4.78, 5) is 9.84. The average molecular weight is 176 g/mol. The Bertz CT molecular complexity index is 290. The minimum Gasteiger partial charge on any atom is -0.358 e. The molecule has 4 heteroatoms. The van der Waals surface area contributed by atoms with Gasteiger partial charge in [-0.25, -0.2) is 9.97 Å². The van der Waals surface area contributed by atoms with E-state index in [0.29, 0.717) is 6.54 Å². The Kier molecular flexibility index (Phi) is 3.21. The van der Waals surface area contributed by atoms with Gasteiger partial charge in [0, 0.05) is 19.8 Å². The summed E-state index contributed by atoms with van der Waals surface area (Å²) in [6, 6.07) is 4.00. The molecule has 0 amide bonds. The number of nitriles is 1. The molecule has 1 atom stereocenters. The third-order valence-corrected chi connectivity index (χ3v) is 1.73. The van der Waals surface area contributed by atoms with Crippen molar-refractivity contribution in [1.82, 2.24) is 9.97 Å². The Labute approximate surface area is 77.8 Å². The van der Waals surface area contributed by atoms with Crippen LogP contribution < -0.4 is 4.90 Å². The SMILES string of the molecule is CC(C#N)CN(C)c1ccncn1. The number of anilines is 1. The van der Waals surface area contributed by atoms with Crippen LogP contribution in [-0.4, -0.2) is 23.6 Å². The molecule has 1 aromatic rings. The van der Waals surface area contributed by atoms with Gasteiger partial charge in [0.2, 0.25) is 0 Å². The molecule has 0 N–H and O–H groups in total. The van der Waals surface area contributed by atoms with Crippen molar-refractivity contribution in [2.75, 3.05) is 18.5 Å². The van der Waals surface area contributed by atoms with E-state index in [0.717, 1.165) is 5.82 Å². The minimum absolute atomic E-state index is 0.0139. The maximum Gasteiger partial charge on any atom is 0.131 e. The number of aromatic nitrogens is 2. The number of hydrogen-bond acceptors (Lipinski definition) is 4. The van der Waals surface area contributed by atoms with Crippen LogP contribution in [-0.2, 0) is 0 Å². The predicted octanol–water partition coefficient (Wildman–Crippen LogP) is 1.07. The highest BCUT2D eigenvalue weighted by Gasteiger charge is 2.05. The summed E-state index contributed by atoms with van der Waals surface area (Å²) in [5.74, 6) is 0.858. The first kappa shape index (κ1) is 9.46. The van der Waals surface area contributed by atoms with Crippen LogP contribution in [0.4, 0.5) is 5.82 Å². The first-order valence-electron chi connectivity index (χ1n) is 4.11. The largest absolute Gasteiger partial charge is 0.358 e. The van der Waals surface area contributed by atoms with Crippen LogP contribution in [0.5, 0.6) is 0 Å². The van der Waals surface area contributed by atoms with Gasteiger partial charge in [-0.05, 0) is 13.0 Å². The monoisotopic (exact) mass is 176 g/mol. The molecule has 1 unspecified atom stereocenters. The molecule has 0 aliphatic heterocycles. The van der Waals surface area contributed by atoms with Gasteiger partial charge in [-0.3, -0.25) is 0 Å². The van der Waals surface area contributed by atoms with Crippen molar-refractivity contribution in [3.63, 3.8) is 0 Å². The van der Waals surface area contributed by atoms with Gasteiger partial charge in [0.1, 0.15) is 12.1 Å². The highest BCUT2D eigenvalue weighted by atomic mass is 15.2. The number of nitrogens with zero attached hydrogens (tertiary/aromatic N) is 4. The van der Waals surface area contributed by atoms with Gasteiger partial charge in [0.05, 0.1) is 12.0 Å². The molecule has 0 aliphatic rings. The highest BCUT2D eigenvalue weighted by Crippen LogP contribution is 2.07. The molecule has 0 saturated heterocycles. The van der Waals surface area contributed by atoms with Gasteiger partial charge in [0.25, 0.3) is 0 Å². The Morgan fingerprint density at radius 3 is 3.00 bits per heavy atom. The van der Waals surface area contributed by atoms with Crippen molar-refractivity contribution in [2.45, 2.75) is 6.92 Å². The lowest BCUT2D eigenvalue weighted by molar-refractivity contribution is 0.709. The molecule has 1 rings (SSSR count). The second kappa shape index (κ2) is 4.41. The van der Waals surface area contributed by atoms with E-state index < -0.39 is 0 Å². The molecule has 0 saturated carbocycles. The van der Waals surface area contributed by atoms with Crippen LogP contribution in [0.15, 0.2) is 18.6 Å². The number of rotatable bonds is 3. The molecule has 0 aliphatic carbocycles. The summed E-state index contributed by atoms with van der Waals surface area (Å²) in [5, 5.41) is 8.62. The van der Waals surface area contributed by atoms with E-state index in [1.165, 1.54) is 6.33 Å². The quantitative estimate of drug-likeness (QED) is 0.691. The van der Waals surface area contributed by atoms with Crippen molar-refractivity contribution < 1.29 is 0 Å². The van der Waals surface area contributed by atoms with Gasteiger partial charge in [-0.15, -0.1) is 0 Å². The van der Waals surface area contributed by atoms with Crippen molar-refractivity contribution >= 4 is 5.82 Å². The van der Waals surface area contributed by atoms with Crippen LogP contribution in [0, 0.1) is 17.2 Å². The van der Waals surface area contributed by atoms with Gasteiger partial charge >= 0.3 is 0 Å². The molecule has 0 spiro atoms. The molecule has 1 heterocycles. The van der Waals surface area contributed by atoms with Gasteiger partial charge in [-0.1, -0.05) is 0 Å². The van der Waals surface area contributed by atoms with Gasteiger partial charge < -0.3 is 4.90 Å². The zero-order valence-electron chi connectivity index (χ0n) is 7.81. The summed E-state index contributed by atoms with van der Waals surface area (Å²) in [6.07, 6.45) is 3.19. The second-order valence-electron chi connectivity index (χ2n) is 2.98. The lowest BCUT2D eigenvalue weighted by atomic mass is 10.2. The second-order valence-corrected chi connectivity index (χ2v) is 2.98. The highest BCUT2D eigenvalue weighted by molar-refractivity contribution is 5.35. The van der Waals surface area contributed by atoms with Crippen molar-refractivity contribution in [2.24, 2.45) is 5.92 Å². The molecule has 0 bridgehead atoms. The molecule has 1 aromatic heterocycles. The molecule has 0 fully saturated rings. The van der Waals surface area contributed by atoms with E-state index >= 15 is 0 Å². The summed E-state index contributed by atoms with van der Waals surface area (Å²) in [5.41, 5.74) is 0. The zero-order chi connectivity index (χ0) is 9.68. The van der Waals surface area contributed by atoms with Crippen LogP contribution >= 0.6 is 0 Å². The lowest BCUT2D eigenvalue weighted by Gasteiger charge is -2.18. The Morgan fingerprint density at radius 1 is 1.69 bits per heavy atom. The Balaban J connectivity index is 2.60. The van der Waals surface area contributed by atoms with Crippen molar-refractivity contribution in [1.29, 1.82) is 5.26 Å². The maximum atomic E-state index is 8.62. The Morgan fingerprint density at radius 2 is 2.46 bits per heavy atom. The predicted molar refractivity (Wildman–Crippen MR) is 50.1 cm³/mol. The molecule has 0 aromatic carbocycles. The fraction of sp³-hybridized carbons (Fsp3) is 0.444. The first-order valence-corrected chi connectivity index (χ1v) is 4.11. The van der Waals surface area contributed by atoms with E-state index in [1.54, 1.807) is 6.20 Å². The molecular weight excluding hydrogens is 164 g/mol. The molecule has 13 heavy (non-hydrogen) atoms. The minimum atomic E-state index is 0.0139. The first-order chi connectivity index (χ1) is 6.24. The summed E-state index contributed by atoms with van der Waals surface area (Å²) in [6.45, 7) is 2.57. The van der Waals surface area contributed by atoms with Crippen LogP contribution in [0.2, 0.25) is 0 Å². The normalized spacial score (nSPS) is 11.8. The van der Waals surface area contributed by atoms with Crippen LogP contribution in [0.25, 0.3) is 0 Å². The fourth-order valence-electron chi connectivity index (χ4n) is 1.05. The van der Waals surface area contributed by atoms with E-state index in [9.17, 15) is 0 Å². The van der Waals surface area contributed by atoms with Crippen molar-refractivity contribution in [3.05, 3.63) is 18.6 Å². The fourth-order valence-corrected chi connectivity index (χ4v) is 1.05. The molecular formula is C9H12N4. The third kappa shape index (κ3) is 2.71. The topological polar surface area (TPSA) is 52.8 Å². The Hall–Kier alpha value is -1.63. The van der Waals surface area contributed by atoms with E-state index in [4.69, 9.17) is 5.26 Å². The van der Waals surface area contributed by atoms with Crippen molar-refractivity contribution in [3.8, 4) is 6.07 Å². The molecule has 0 radical (unpaired) electrons. The average Bonchev–Trinajstić information content (AvgIpc) is 2.19. The van der Waals surface area contributed by atoms with Gasteiger partial charge in [0.15, 0.2) is 0 Å². The van der Waals surface area contributed by atoms with E-state index in [1.807, 2.05) is 24.9 Å². The van der Waals surface area contributed by atoms with E-state index in [-0.39, 0.29) is 5.92 Å². The zero-order valence-corrected chi connectivity index (χ0v) is 7.81. The van der Waals surface area contributed by atoms with Crippen LogP contribution in [0.3, 0.4) is 0 Å².